The molecule has 0 aromatic heterocycles. The lowest BCUT2D eigenvalue weighted by Gasteiger charge is -2.22. The van der Waals surface area contributed by atoms with Crippen LogP contribution in [0.3, 0.4) is 0 Å². The van der Waals surface area contributed by atoms with Crippen molar-refractivity contribution in [2.75, 3.05) is 33.2 Å². The maximum absolute atomic E-state index is 13.9. The molecule has 1 rings (SSSR count). The second kappa shape index (κ2) is 11.8. The minimum atomic E-state index is -0.553. The summed E-state index contributed by atoms with van der Waals surface area (Å²) in [5, 5.41) is 6.60. The van der Waals surface area contributed by atoms with Gasteiger partial charge in [-0.2, -0.15) is 0 Å². The number of aliphatic imine (C=N–C) groups is 1. The molecule has 0 saturated carbocycles. The molecule has 148 valence electrons. The fourth-order valence-electron chi connectivity index (χ4n) is 2.92. The van der Waals surface area contributed by atoms with Gasteiger partial charge in [0, 0.05) is 31.6 Å². The van der Waals surface area contributed by atoms with Crippen LogP contribution < -0.4 is 10.6 Å². The van der Waals surface area contributed by atoms with Crippen LogP contribution >= 0.6 is 0 Å². The molecule has 0 aliphatic rings. The molecular formula is C20H34F2N4. The van der Waals surface area contributed by atoms with Crippen LogP contribution in [0.4, 0.5) is 8.78 Å². The van der Waals surface area contributed by atoms with Gasteiger partial charge in [-0.1, -0.05) is 26.8 Å². The van der Waals surface area contributed by atoms with Crippen molar-refractivity contribution in [3.05, 3.63) is 35.4 Å². The number of halogens is 2. The van der Waals surface area contributed by atoms with Crippen LogP contribution in [0.5, 0.6) is 0 Å². The molecule has 0 fully saturated rings. The quantitative estimate of drug-likeness (QED) is 0.488. The summed E-state index contributed by atoms with van der Waals surface area (Å²) in [5.41, 5.74) is 0.502. The van der Waals surface area contributed by atoms with E-state index in [2.05, 4.69) is 41.3 Å². The first-order valence-corrected chi connectivity index (χ1v) is 9.55. The van der Waals surface area contributed by atoms with Gasteiger partial charge in [0.15, 0.2) is 5.96 Å². The third-order valence-electron chi connectivity index (χ3n) is 4.68. The lowest BCUT2D eigenvalue weighted by atomic mass is 10.0. The van der Waals surface area contributed by atoms with Gasteiger partial charge in [-0.3, -0.25) is 4.99 Å². The normalized spacial score (nSPS) is 14.4. The first-order valence-electron chi connectivity index (χ1n) is 9.55. The van der Waals surface area contributed by atoms with Gasteiger partial charge >= 0.3 is 0 Å². The van der Waals surface area contributed by atoms with Crippen LogP contribution in [0.15, 0.2) is 23.2 Å². The molecule has 6 heteroatoms. The Balaban J connectivity index is 2.42. The Labute approximate surface area is 157 Å². The van der Waals surface area contributed by atoms with Crippen molar-refractivity contribution in [3.63, 3.8) is 0 Å². The first kappa shape index (κ1) is 22.4. The van der Waals surface area contributed by atoms with E-state index in [0.717, 1.165) is 38.5 Å². The van der Waals surface area contributed by atoms with Crippen molar-refractivity contribution in [3.8, 4) is 0 Å². The highest BCUT2D eigenvalue weighted by atomic mass is 19.1. The van der Waals surface area contributed by atoms with Gasteiger partial charge in [0.1, 0.15) is 11.6 Å². The van der Waals surface area contributed by atoms with Gasteiger partial charge in [-0.15, -0.1) is 0 Å². The van der Waals surface area contributed by atoms with E-state index in [9.17, 15) is 8.78 Å². The highest BCUT2D eigenvalue weighted by Gasteiger charge is 2.13. The van der Waals surface area contributed by atoms with Gasteiger partial charge in [-0.25, -0.2) is 8.78 Å². The standard InChI is InChI=1S/C20H34F2N4/c1-6-26(7-2)12-8-9-16(4)25-20(23-5)24-14-15(3)18-11-10-17(21)13-19(18)22/h10-11,13,15-16H,6-9,12,14H2,1-5H3,(H2,23,24,25). The van der Waals surface area contributed by atoms with Gasteiger partial charge in [0.25, 0.3) is 0 Å². The fourth-order valence-corrected chi connectivity index (χ4v) is 2.92. The average molecular weight is 369 g/mol. The van der Waals surface area contributed by atoms with E-state index >= 15 is 0 Å². The minimum absolute atomic E-state index is 0.0906. The highest BCUT2D eigenvalue weighted by Crippen LogP contribution is 2.19. The molecule has 4 nitrogen and oxygen atoms in total. The summed E-state index contributed by atoms with van der Waals surface area (Å²) in [7, 11) is 1.72. The Morgan fingerprint density at radius 1 is 1.19 bits per heavy atom. The highest BCUT2D eigenvalue weighted by molar-refractivity contribution is 5.79. The molecule has 0 bridgehead atoms. The summed E-state index contributed by atoms with van der Waals surface area (Å²) in [5.74, 6) is -0.448. The molecule has 0 aliphatic heterocycles. The third-order valence-corrected chi connectivity index (χ3v) is 4.68. The number of nitrogens with one attached hydrogen (secondary N) is 2. The van der Waals surface area contributed by atoms with Gasteiger partial charge in [0.05, 0.1) is 0 Å². The Morgan fingerprint density at radius 3 is 2.46 bits per heavy atom. The van der Waals surface area contributed by atoms with E-state index < -0.39 is 11.6 Å². The van der Waals surface area contributed by atoms with E-state index in [0.29, 0.717) is 24.1 Å². The number of guanidine groups is 1. The summed E-state index contributed by atoms with van der Waals surface area (Å²) in [6, 6.07) is 4.02. The predicted octanol–water partition coefficient (Wildman–Crippen LogP) is 3.74. The average Bonchev–Trinajstić information content (AvgIpc) is 2.62. The number of hydrogen-bond acceptors (Lipinski definition) is 2. The molecule has 0 heterocycles. The SMILES string of the molecule is CCN(CC)CCCC(C)NC(=NC)NCC(C)c1ccc(F)cc1F. The molecule has 26 heavy (non-hydrogen) atoms. The van der Waals surface area contributed by atoms with Crippen molar-refractivity contribution < 1.29 is 8.78 Å². The molecule has 0 aliphatic carbocycles. The largest absolute Gasteiger partial charge is 0.356 e. The van der Waals surface area contributed by atoms with Gasteiger partial charge in [-0.05, 0) is 51.0 Å². The van der Waals surface area contributed by atoms with Crippen molar-refractivity contribution in [2.24, 2.45) is 4.99 Å². The van der Waals surface area contributed by atoms with Crippen molar-refractivity contribution in [1.29, 1.82) is 0 Å². The van der Waals surface area contributed by atoms with E-state index in [1.165, 1.54) is 12.1 Å². The monoisotopic (exact) mass is 368 g/mol. The zero-order valence-electron chi connectivity index (χ0n) is 16.8. The minimum Gasteiger partial charge on any atom is -0.356 e. The van der Waals surface area contributed by atoms with Gasteiger partial charge < -0.3 is 15.5 Å². The van der Waals surface area contributed by atoms with Crippen molar-refractivity contribution in [1.82, 2.24) is 15.5 Å². The van der Waals surface area contributed by atoms with E-state index in [4.69, 9.17) is 0 Å². The summed E-state index contributed by atoms with van der Waals surface area (Å²) in [4.78, 5) is 6.65. The zero-order valence-corrected chi connectivity index (χ0v) is 16.8. The number of nitrogens with zero attached hydrogens (tertiary/aromatic N) is 2. The predicted molar refractivity (Wildman–Crippen MR) is 106 cm³/mol. The number of rotatable bonds is 10. The maximum atomic E-state index is 13.9. The fraction of sp³-hybridized carbons (Fsp3) is 0.650. The molecule has 0 amide bonds. The molecular weight excluding hydrogens is 334 g/mol. The first-order chi connectivity index (χ1) is 12.4. The molecule has 0 radical (unpaired) electrons. The second-order valence-electron chi connectivity index (χ2n) is 6.73. The summed E-state index contributed by atoms with van der Waals surface area (Å²) in [6.07, 6.45) is 2.18. The van der Waals surface area contributed by atoms with E-state index in [1.54, 1.807) is 7.05 Å². The number of hydrogen-bond donors (Lipinski definition) is 2. The molecule has 1 aromatic carbocycles. The van der Waals surface area contributed by atoms with E-state index in [1.807, 2.05) is 6.92 Å². The molecule has 2 atom stereocenters. The summed E-state index contributed by atoms with van der Waals surface area (Å²) < 4.78 is 26.9. The molecule has 0 spiro atoms. The molecule has 0 saturated heterocycles. The van der Waals surface area contributed by atoms with Crippen LogP contribution in [-0.2, 0) is 0 Å². The Hall–Kier alpha value is -1.69. The molecule has 1 aromatic rings. The zero-order chi connectivity index (χ0) is 19.5. The topological polar surface area (TPSA) is 39.7 Å². The van der Waals surface area contributed by atoms with Crippen LogP contribution in [0, 0.1) is 11.6 Å². The maximum Gasteiger partial charge on any atom is 0.191 e. The van der Waals surface area contributed by atoms with Crippen LogP contribution in [0.25, 0.3) is 0 Å². The summed E-state index contributed by atoms with van der Waals surface area (Å²) in [6.45, 7) is 12.2. The third kappa shape index (κ3) is 7.68. The van der Waals surface area contributed by atoms with Crippen LogP contribution in [-0.4, -0.2) is 50.1 Å². The van der Waals surface area contributed by atoms with E-state index in [-0.39, 0.29) is 5.92 Å². The Morgan fingerprint density at radius 2 is 1.88 bits per heavy atom. The smallest absolute Gasteiger partial charge is 0.191 e. The summed E-state index contributed by atoms with van der Waals surface area (Å²) >= 11 is 0. The molecule has 2 unspecified atom stereocenters. The van der Waals surface area contributed by atoms with Crippen molar-refractivity contribution >= 4 is 5.96 Å². The lowest BCUT2D eigenvalue weighted by Crippen LogP contribution is -2.43. The Bertz CT molecular complexity index is 559. The van der Waals surface area contributed by atoms with Crippen LogP contribution in [0.2, 0.25) is 0 Å². The molecule has 2 N–H and O–H groups in total. The lowest BCUT2D eigenvalue weighted by molar-refractivity contribution is 0.292. The van der Waals surface area contributed by atoms with Gasteiger partial charge in [0.2, 0.25) is 0 Å². The van der Waals surface area contributed by atoms with Crippen LogP contribution in [0.1, 0.15) is 52.0 Å². The second-order valence-corrected chi connectivity index (χ2v) is 6.73. The Kier molecular flexibility index (Phi) is 10.2. The number of benzene rings is 1. The van der Waals surface area contributed by atoms with Crippen molar-refractivity contribution in [2.45, 2.75) is 52.5 Å².